The van der Waals surface area contributed by atoms with Crippen molar-refractivity contribution in [2.45, 2.75) is 19.5 Å². The van der Waals surface area contributed by atoms with E-state index in [2.05, 4.69) is 10.5 Å². The van der Waals surface area contributed by atoms with Crippen molar-refractivity contribution in [2.75, 3.05) is 4.90 Å². The minimum atomic E-state index is -1.62. The van der Waals surface area contributed by atoms with Gasteiger partial charge in [-0.15, -0.1) is 0 Å². The molecule has 0 bridgehead atoms. The Kier molecular flexibility index (Phi) is 3.97. The third-order valence-corrected chi connectivity index (χ3v) is 4.00. The summed E-state index contributed by atoms with van der Waals surface area (Å²) in [4.78, 5) is 13.9. The fourth-order valence-electron chi connectivity index (χ4n) is 2.85. The summed E-state index contributed by atoms with van der Waals surface area (Å²) in [6.45, 7) is 3.89. The minimum Gasteiger partial charge on any atom is -0.478 e. The van der Waals surface area contributed by atoms with Crippen LogP contribution in [0.25, 0.3) is 0 Å². The molecule has 1 aliphatic heterocycles. The molecule has 0 amide bonds. The van der Waals surface area contributed by atoms with Gasteiger partial charge < -0.3 is 5.11 Å². The van der Waals surface area contributed by atoms with E-state index in [1.807, 2.05) is 44.2 Å². The molecule has 2 aromatic rings. The number of amidine groups is 1. The second-order valence-corrected chi connectivity index (χ2v) is 5.93. The van der Waals surface area contributed by atoms with E-state index >= 15 is 0 Å². The molecule has 2 aromatic carbocycles. The topological polar surface area (TPSA) is 64.9 Å². The van der Waals surface area contributed by atoms with Gasteiger partial charge in [0.05, 0.1) is 0 Å². The molecular weight excluding hydrogens is 309 g/mol. The highest BCUT2D eigenvalue weighted by molar-refractivity contribution is 6.07. The minimum absolute atomic E-state index is 0.000575. The van der Waals surface area contributed by atoms with Crippen molar-refractivity contribution in [3.8, 4) is 0 Å². The summed E-state index contributed by atoms with van der Waals surface area (Å²) < 4.78 is 13.3. The Balaban J connectivity index is 2.21. The van der Waals surface area contributed by atoms with E-state index in [1.54, 1.807) is 4.90 Å². The maximum absolute atomic E-state index is 13.3. The molecule has 24 heavy (non-hydrogen) atoms. The van der Waals surface area contributed by atoms with Crippen LogP contribution < -0.4 is 10.3 Å². The standard InChI is InChI=1S/C18H18FN3O2/c1-12(2)16-20-21-18(17(23)24,13-8-10-14(19)11-9-13)22(16)15-6-4-3-5-7-15/h3-12,21H,1-2H3,(H,23,24). The molecule has 1 aliphatic rings. The van der Waals surface area contributed by atoms with Crippen molar-refractivity contribution in [3.63, 3.8) is 0 Å². The first-order valence-corrected chi connectivity index (χ1v) is 7.66. The van der Waals surface area contributed by atoms with Crippen molar-refractivity contribution in [2.24, 2.45) is 11.0 Å². The van der Waals surface area contributed by atoms with Gasteiger partial charge in [-0.05, 0) is 24.3 Å². The molecule has 6 heteroatoms. The number of carbonyl (C=O) groups is 1. The van der Waals surface area contributed by atoms with Crippen LogP contribution in [-0.4, -0.2) is 16.9 Å². The Morgan fingerprint density at radius 1 is 1.17 bits per heavy atom. The van der Waals surface area contributed by atoms with E-state index in [0.29, 0.717) is 17.1 Å². The molecule has 1 atom stereocenters. The van der Waals surface area contributed by atoms with Crippen LogP contribution in [0.4, 0.5) is 10.1 Å². The van der Waals surface area contributed by atoms with Crippen molar-refractivity contribution >= 4 is 17.5 Å². The molecule has 0 spiro atoms. The first-order chi connectivity index (χ1) is 11.5. The van der Waals surface area contributed by atoms with Crippen LogP contribution in [-0.2, 0) is 10.5 Å². The lowest BCUT2D eigenvalue weighted by Crippen LogP contribution is -2.58. The first-order valence-electron chi connectivity index (χ1n) is 7.66. The first kappa shape index (κ1) is 16.0. The number of para-hydroxylation sites is 1. The quantitative estimate of drug-likeness (QED) is 0.905. The number of hydrogen-bond acceptors (Lipinski definition) is 4. The van der Waals surface area contributed by atoms with Gasteiger partial charge in [0.15, 0.2) is 0 Å². The lowest BCUT2D eigenvalue weighted by Gasteiger charge is -2.37. The number of hydrogen-bond donors (Lipinski definition) is 2. The molecule has 0 saturated heterocycles. The molecule has 0 aliphatic carbocycles. The number of hydrazone groups is 1. The molecule has 3 rings (SSSR count). The zero-order valence-electron chi connectivity index (χ0n) is 13.4. The Morgan fingerprint density at radius 3 is 2.33 bits per heavy atom. The number of carboxylic acid groups (broad SMARTS) is 1. The van der Waals surface area contributed by atoms with Crippen LogP contribution in [0.2, 0.25) is 0 Å². The maximum atomic E-state index is 13.3. The van der Waals surface area contributed by atoms with Gasteiger partial charge in [0.25, 0.3) is 5.66 Å². The highest BCUT2D eigenvalue weighted by atomic mass is 19.1. The largest absolute Gasteiger partial charge is 0.478 e. The fraction of sp³-hybridized carbons (Fsp3) is 0.222. The lowest BCUT2D eigenvalue weighted by molar-refractivity contribution is -0.144. The van der Waals surface area contributed by atoms with Gasteiger partial charge in [0, 0.05) is 17.2 Å². The second kappa shape index (κ2) is 5.96. The summed E-state index contributed by atoms with van der Waals surface area (Å²) in [6.07, 6.45) is 0. The van der Waals surface area contributed by atoms with Gasteiger partial charge in [0.2, 0.25) is 0 Å². The maximum Gasteiger partial charge on any atom is 0.357 e. The van der Waals surface area contributed by atoms with E-state index < -0.39 is 17.4 Å². The van der Waals surface area contributed by atoms with Gasteiger partial charge in [-0.25, -0.2) is 9.18 Å². The van der Waals surface area contributed by atoms with E-state index in [9.17, 15) is 14.3 Å². The van der Waals surface area contributed by atoms with Crippen LogP contribution >= 0.6 is 0 Å². The highest BCUT2D eigenvalue weighted by Crippen LogP contribution is 2.36. The lowest BCUT2D eigenvalue weighted by atomic mass is 9.96. The molecule has 5 nitrogen and oxygen atoms in total. The van der Waals surface area contributed by atoms with Crippen LogP contribution in [0.5, 0.6) is 0 Å². The van der Waals surface area contributed by atoms with Gasteiger partial charge in [-0.3, -0.25) is 10.3 Å². The molecule has 124 valence electrons. The number of halogens is 1. The number of nitrogens with one attached hydrogen (secondary N) is 1. The number of nitrogens with zero attached hydrogens (tertiary/aromatic N) is 2. The zero-order valence-corrected chi connectivity index (χ0v) is 13.4. The van der Waals surface area contributed by atoms with Gasteiger partial charge in [0.1, 0.15) is 11.7 Å². The average molecular weight is 327 g/mol. The van der Waals surface area contributed by atoms with Crippen molar-refractivity contribution < 1.29 is 14.3 Å². The van der Waals surface area contributed by atoms with Crippen molar-refractivity contribution in [1.82, 2.24) is 5.43 Å². The van der Waals surface area contributed by atoms with E-state index in [0.717, 1.165) is 0 Å². The average Bonchev–Trinajstić information content (AvgIpc) is 2.98. The van der Waals surface area contributed by atoms with Crippen LogP contribution in [0.3, 0.4) is 0 Å². The molecule has 1 heterocycles. The SMILES string of the molecule is CC(C)C1=NNC(C(=O)O)(c2ccc(F)cc2)N1c1ccccc1. The van der Waals surface area contributed by atoms with Crippen molar-refractivity contribution in [3.05, 3.63) is 66.0 Å². The van der Waals surface area contributed by atoms with Crippen LogP contribution in [0.1, 0.15) is 19.4 Å². The Labute approximate surface area is 139 Å². The summed E-state index contributed by atoms with van der Waals surface area (Å²) in [5.41, 5.74) is 2.26. The zero-order chi connectivity index (χ0) is 17.3. The predicted octanol–water partition coefficient (Wildman–Crippen LogP) is 3.14. The molecular formula is C18H18FN3O2. The molecule has 0 saturated carbocycles. The molecule has 0 radical (unpaired) electrons. The molecule has 2 N–H and O–H groups in total. The molecule has 0 fully saturated rings. The summed E-state index contributed by atoms with van der Waals surface area (Å²) >= 11 is 0. The number of aliphatic carboxylic acids is 1. The smallest absolute Gasteiger partial charge is 0.357 e. The number of rotatable bonds is 4. The van der Waals surface area contributed by atoms with Crippen LogP contribution in [0.15, 0.2) is 59.7 Å². The normalized spacial score (nSPS) is 20.0. The van der Waals surface area contributed by atoms with Gasteiger partial charge in [-0.1, -0.05) is 44.2 Å². The third kappa shape index (κ3) is 2.40. The molecule has 1 unspecified atom stereocenters. The Hall–Kier alpha value is -2.89. The fourth-order valence-corrected chi connectivity index (χ4v) is 2.85. The summed E-state index contributed by atoms with van der Waals surface area (Å²) in [5.74, 6) is -0.932. The third-order valence-electron chi connectivity index (χ3n) is 4.00. The summed E-state index contributed by atoms with van der Waals surface area (Å²) in [7, 11) is 0. The predicted molar refractivity (Wildman–Crippen MR) is 90.0 cm³/mol. The Bertz CT molecular complexity index is 775. The Morgan fingerprint density at radius 2 is 1.79 bits per heavy atom. The van der Waals surface area contributed by atoms with Crippen LogP contribution in [0, 0.1) is 11.7 Å². The number of anilines is 1. The molecule has 0 aromatic heterocycles. The van der Waals surface area contributed by atoms with E-state index in [1.165, 1.54) is 24.3 Å². The number of carboxylic acids is 1. The van der Waals surface area contributed by atoms with E-state index in [-0.39, 0.29) is 5.92 Å². The van der Waals surface area contributed by atoms with Crippen molar-refractivity contribution in [1.29, 1.82) is 0 Å². The second-order valence-electron chi connectivity index (χ2n) is 5.93. The monoisotopic (exact) mass is 327 g/mol. The number of benzene rings is 2. The van der Waals surface area contributed by atoms with E-state index in [4.69, 9.17) is 0 Å². The summed E-state index contributed by atoms with van der Waals surface area (Å²) in [6, 6.07) is 14.6. The van der Waals surface area contributed by atoms with Gasteiger partial charge in [-0.2, -0.15) is 5.10 Å². The summed E-state index contributed by atoms with van der Waals surface area (Å²) in [5, 5.41) is 14.3. The highest BCUT2D eigenvalue weighted by Gasteiger charge is 2.52. The van der Waals surface area contributed by atoms with Gasteiger partial charge >= 0.3 is 5.97 Å².